The van der Waals surface area contributed by atoms with Gasteiger partial charge >= 0.3 is 6.03 Å². The Morgan fingerprint density at radius 2 is 1.83 bits per heavy atom. The number of hydrogen-bond acceptors (Lipinski definition) is 5. The van der Waals surface area contributed by atoms with Gasteiger partial charge in [-0.2, -0.15) is 10.4 Å². The van der Waals surface area contributed by atoms with E-state index in [-0.39, 0.29) is 6.03 Å². The quantitative estimate of drug-likeness (QED) is 0.345. The highest BCUT2D eigenvalue weighted by atomic mass is 32.2. The minimum absolute atomic E-state index is 0.100. The fourth-order valence-electron chi connectivity index (χ4n) is 3.28. The molecule has 0 unspecified atom stereocenters. The summed E-state index contributed by atoms with van der Waals surface area (Å²) >= 11 is 1.39. The van der Waals surface area contributed by atoms with Crippen molar-refractivity contribution in [1.29, 1.82) is 5.26 Å². The van der Waals surface area contributed by atoms with Crippen LogP contribution in [0.15, 0.2) is 70.7 Å². The van der Waals surface area contributed by atoms with E-state index in [0.717, 1.165) is 11.3 Å². The van der Waals surface area contributed by atoms with Crippen molar-refractivity contribution in [2.45, 2.75) is 11.6 Å². The molecule has 1 saturated heterocycles. The van der Waals surface area contributed by atoms with Crippen molar-refractivity contribution in [2.24, 2.45) is 4.99 Å². The van der Waals surface area contributed by atoms with E-state index >= 15 is 0 Å². The molecule has 2 amide bonds. The van der Waals surface area contributed by atoms with Crippen molar-refractivity contribution in [3.63, 3.8) is 0 Å². The largest absolute Gasteiger partial charge is 0.325 e. The van der Waals surface area contributed by atoms with Gasteiger partial charge in [0.2, 0.25) is 0 Å². The van der Waals surface area contributed by atoms with Crippen LogP contribution in [-0.2, 0) is 6.54 Å². The molecule has 2 aromatic carbocycles. The summed E-state index contributed by atoms with van der Waals surface area (Å²) in [6.07, 6.45) is 3.38. The summed E-state index contributed by atoms with van der Waals surface area (Å²) in [7, 11) is 0. The molecule has 8 heteroatoms. The minimum Gasteiger partial charge on any atom is -0.318 e. The van der Waals surface area contributed by atoms with E-state index in [0.29, 0.717) is 36.0 Å². The number of benzene rings is 2. The monoisotopic (exact) mass is 416 g/mol. The molecule has 0 bridgehead atoms. The molecule has 0 spiro atoms. The molecule has 0 aliphatic carbocycles. The Morgan fingerprint density at radius 1 is 1.13 bits per heavy atom. The molecule has 1 aliphatic heterocycles. The Labute approximate surface area is 179 Å². The molecule has 30 heavy (non-hydrogen) atoms. The Balaban J connectivity index is 1.59. The third-order valence-corrected chi connectivity index (χ3v) is 5.47. The molecular weight excluding hydrogens is 396 g/mol. The van der Waals surface area contributed by atoms with Crippen LogP contribution in [0.4, 0.5) is 10.6 Å². The lowest BCUT2D eigenvalue weighted by Gasteiger charge is -2.16. The first kappa shape index (κ1) is 19.7. The molecule has 4 rings (SSSR count). The molecule has 1 aliphatic rings. The summed E-state index contributed by atoms with van der Waals surface area (Å²) < 4.78 is 1.64. The third-order valence-electron chi connectivity index (χ3n) is 4.80. The fourth-order valence-corrected chi connectivity index (χ4v) is 3.79. The van der Waals surface area contributed by atoms with Crippen molar-refractivity contribution < 1.29 is 4.79 Å². The van der Waals surface area contributed by atoms with Crippen LogP contribution in [0, 0.1) is 11.3 Å². The highest BCUT2D eigenvalue weighted by Crippen LogP contribution is 2.30. The van der Waals surface area contributed by atoms with Crippen LogP contribution in [-0.4, -0.2) is 51.3 Å². The van der Waals surface area contributed by atoms with Gasteiger partial charge in [0, 0.05) is 19.6 Å². The molecular formula is C22H20N6OS. The summed E-state index contributed by atoms with van der Waals surface area (Å²) in [6, 6.07) is 21.5. The molecule has 2 heterocycles. The Kier molecular flexibility index (Phi) is 5.82. The van der Waals surface area contributed by atoms with E-state index in [2.05, 4.69) is 16.2 Å². The van der Waals surface area contributed by atoms with E-state index in [4.69, 9.17) is 0 Å². The summed E-state index contributed by atoms with van der Waals surface area (Å²) in [6.45, 7) is 1.73. The molecule has 0 N–H and O–H groups in total. The Morgan fingerprint density at radius 3 is 2.50 bits per heavy atom. The van der Waals surface area contributed by atoms with Crippen LogP contribution < -0.4 is 0 Å². The second kappa shape index (κ2) is 8.84. The first-order valence-corrected chi connectivity index (χ1v) is 10.7. The first-order chi connectivity index (χ1) is 14.7. The topological polar surface area (TPSA) is 77.5 Å². The molecule has 0 radical (unpaired) electrons. The second-order valence-electron chi connectivity index (χ2n) is 6.69. The van der Waals surface area contributed by atoms with Crippen molar-refractivity contribution >= 4 is 29.9 Å². The van der Waals surface area contributed by atoms with Crippen LogP contribution in [0.2, 0.25) is 0 Å². The Hall–Kier alpha value is -3.57. The maximum absolute atomic E-state index is 12.8. The molecule has 150 valence electrons. The van der Waals surface area contributed by atoms with Gasteiger partial charge in [-0.1, -0.05) is 48.5 Å². The number of rotatable bonds is 6. The van der Waals surface area contributed by atoms with E-state index in [1.807, 2.05) is 66.9 Å². The van der Waals surface area contributed by atoms with Crippen molar-refractivity contribution in [2.75, 3.05) is 19.3 Å². The van der Waals surface area contributed by atoms with Crippen LogP contribution in [0.25, 0.3) is 5.69 Å². The van der Waals surface area contributed by atoms with E-state index < -0.39 is 0 Å². The standard InChI is InChI=1S/C22H20N6OS/c1-30-21-19(14-23)20(28(25-21)18-10-6-3-7-11-18)24-16-27-13-12-26(22(27)29)15-17-8-4-2-5-9-17/h2-11,16H,12-13,15H2,1H3/b24-16+. The number of nitriles is 1. The van der Waals surface area contributed by atoms with Crippen molar-refractivity contribution in [3.8, 4) is 11.8 Å². The fraction of sp³-hybridized carbons (Fsp3) is 0.182. The lowest BCUT2D eigenvalue weighted by Crippen LogP contribution is -2.30. The van der Waals surface area contributed by atoms with Gasteiger partial charge in [0.05, 0.1) is 5.69 Å². The minimum atomic E-state index is -0.100. The zero-order chi connectivity index (χ0) is 20.9. The number of aliphatic imine (C=N–C) groups is 1. The first-order valence-electron chi connectivity index (χ1n) is 9.47. The number of hydrogen-bond donors (Lipinski definition) is 0. The second-order valence-corrected chi connectivity index (χ2v) is 7.49. The predicted octanol–water partition coefficient (Wildman–Crippen LogP) is 4.06. The number of thioether (sulfide) groups is 1. The van der Waals surface area contributed by atoms with E-state index in [1.165, 1.54) is 18.1 Å². The number of aromatic nitrogens is 2. The normalized spacial score (nSPS) is 13.9. The van der Waals surface area contributed by atoms with Crippen LogP contribution in [0.5, 0.6) is 0 Å². The SMILES string of the molecule is CSc1nn(-c2ccccc2)c(/N=C/N2CCN(Cc3ccccc3)C2=O)c1C#N. The maximum atomic E-state index is 12.8. The molecule has 7 nitrogen and oxygen atoms in total. The number of carbonyl (C=O) groups excluding carboxylic acids is 1. The smallest absolute Gasteiger partial charge is 0.318 e. The highest BCUT2D eigenvalue weighted by Gasteiger charge is 2.27. The third kappa shape index (κ3) is 3.93. The number of para-hydroxylation sites is 1. The van der Waals surface area contributed by atoms with Gasteiger partial charge in [0.25, 0.3) is 0 Å². The van der Waals surface area contributed by atoms with Crippen molar-refractivity contribution in [3.05, 3.63) is 71.8 Å². The van der Waals surface area contributed by atoms with Gasteiger partial charge in [0.15, 0.2) is 5.82 Å². The molecule has 0 saturated carbocycles. The van der Waals surface area contributed by atoms with Crippen molar-refractivity contribution in [1.82, 2.24) is 19.6 Å². The average molecular weight is 417 g/mol. The summed E-state index contributed by atoms with van der Waals surface area (Å²) in [5.74, 6) is 0.419. The molecule has 1 fully saturated rings. The lowest BCUT2D eigenvalue weighted by atomic mass is 10.2. The van der Waals surface area contributed by atoms with Gasteiger partial charge in [0.1, 0.15) is 23.0 Å². The lowest BCUT2D eigenvalue weighted by molar-refractivity contribution is 0.204. The average Bonchev–Trinajstić information content (AvgIpc) is 3.33. The molecule has 1 aromatic heterocycles. The zero-order valence-electron chi connectivity index (χ0n) is 16.5. The number of amides is 2. The van der Waals surface area contributed by atoms with Gasteiger partial charge in [-0.05, 0) is 24.0 Å². The summed E-state index contributed by atoms with van der Waals surface area (Å²) in [5, 5.41) is 14.8. The maximum Gasteiger partial charge on any atom is 0.325 e. The van der Waals surface area contributed by atoms with Gasteiger partial charge in [-0.15, -0.1) is 11.8 Å². The zero-order valence-corrected chi connectivity index (χ0v) is 17.3. The summed E-state index contributed by atoms with van der Waals surface area (Å²) in [5.41, 5.74) is 2.29. The number of urea groups is 1. The molecule has 3 aromatic rings. The van der Waals surface area contributed by atoms with E-state index in [9.17, 15) is 10.1 Å². The number of nitrogens with zero attached hydrogens (tertiary/aromatic N) is 6. The Bertz CT molecular complexity index is 1100. The predicted molar refractivity (Wildman–Crippen MR) is 117 cm³/mol. The number of carbonyl (C=O) groups is 1. The molecule has 0 atom stereocenters. The van der Waals surface area contributed by atoms with Gasteiger partial charge < -0.3 is 4.90 Å². The van der Waals surface area contributed by atoms with Gasteiger partial charge in [-0.25, -0.2) is 14.5 Å². The summed E-state index contributed by atoms with van der Waals surface area (Å²) in [4.78, 5) is 20.6. The van der Waals surface area contributed by atoms with Crippen LogP contribution >= 0.6 is 11.8 Å². The van der Waals surface area contributed by atoms with Gasteiger partial charge in [-0.3, -0.25) is 4.90 Å². The highest BCUT2D eigenvalue weighted by molar-refractivity contribution is 7.98. The van der Waals surface area contributed by atoms with E-state index in [1.54, 1.807) is 14.5 Å². The van der Waals surface area contributed by atoms with Crippen LogP contribution in [0.3, 0.4) is 0 Å². The van der Waals surface area contributed by atoms with Crippen LogP contribution in [0.1, 0.15) is 11.1 Å².